The van der Waals surface area contributed by atoms with Crippen molar-refractivity contribution in [2.24, 2.45) is 5.92 Å². The SMILES string of the molecule is C=C(O)/C(F)=C\C(=C)c1ccc(C2CCC(CCCCC)CC2)cc1. The summed E-state index contributed by atoms with van der Waals surface area (Å²) in [6.45, 7) is 9.31. The number of hydrogen-bond acceptors (Lipinski definition) is 1. The molecule has 0 heterocycles. The van der Waals surface area contributed by atoms with E-state index >= 15 is 0 Å². The Balaban J connectivity index is 1.90. The van der Waals surface area contributed by atoms with Gasteiger partial charge in [0.05, 0.1) is 0 Å². The predicted octanol–water partition coefficient (Wildman–Crippen LogP) is 7.48. The average Bonchev–Trinajstić information content (AvgIpc) is 2.62. The molecule has 1 fully saturated rings. The van der Waals surface area contributed by atoms with Crippen LogP contribution >= 0.6 is 0 Å². The Kier molecular flexibility index (Phi) is 7.49. The quantitative estimate of drug-likeness (QED) is 0.295. The van der Waals surface area contributed by atoms with Gasteiger partial charge in [-0.05, 0) is 60.3 Å². The fourth-order valence-electron chi connectivity index (χ4n) is 3.76. The molecule has 1 aliphatic rings. The molecule has 0 bridgehead atoms. The van der Waals surface area contributed by atoms with Gasteiger partial charge in [0.25, 0.3) is 0 Å². The van der Waals surface area contributed by atoms with Crippen molar-refractivity contribution in [3.05, 3.63) is 66.2 Å². The van der Waals surface area contributed by atoms with Gasteiger partial charge in [0.1, 0.15) is 5.76 Å². The van der Waals surface area contributed by atoms with Gasteiger partial charge in [-0.15, -0.1) is 0 Å². The summed E-state index contributed by atoms with van der Waals surface area (Å²) in [7, 11) is 0. The van der Waals surface area contributed by atoms with Crippen molar-refractivity contribution in [3.63, 3.8) is 0 Å². The molecule has 25 heavy (non-hydrogen) atoms. The summed E-state index contributed by atoms with van der Waals surface area (Å²) in [4.78, 5) is 0. The molecule has 1 saturated carbocycles. The maximum absolute atomic E-state index is 13.4. The molecule has 2 heteroatoms. The maximum atomic E-state index is 13.4. The predicted molar refractivity (Wildman–Crippen MR) is 105 cm³/mol. The Morgan fingerprint density at radius 2 is 1.76 bits per heavy atom. The van der Waals surface area contributed by atoms with Crippen LogP contribution in [0.1, 0.15) is 75.3 Å². The molecule has 0 spiro atoms. The lowest BCUT2D eigenvalue weighted by Gasteiger charge is -2.29. The highest BCUT2D eigenvalue weighted by molar-refractivity contribution is 5.73. The number of unbranched alkanes of at least 4 members (excludes halogenated alkanes) is 2. The van der Waals surface area contributed by atoms with E-state index in [4.69, 9.17) is 5.11 Å². The van der Waals surface area contributed by atoms with Crippen LogP contribution in [0.25, 0.3) is 5.57 Å². The van der Waals surface area contributed by atoms with Crippen molar-refractivity contribution in [3.8, 4) is 0 Å². The number of halogens is 1. The van der Waals surface area contributed by atoms with Gasteiger partial charge < -0.3 is 5.11 Å². The lowest BCUT2D eigenvalue weighted by Crippen LogP contribution is -2.13. The van der Waals surface area contributed by atoms with Gasteiger partial charge in [-0.2, -0.15) is 0 Å². The Labute approximate surface area is 152 Å². The normalized spacial score (nSPS) is 21.1. The monoisotopic (exact) mass is 342 g/mol. The van der Waals surface area contributed by atoms with E-state index in [9.17, 15) is 4.39 Å². The van der Waals surface area contributed by atoms with Crippen LogP contribution in [0, 0.1) is 5.92 Å². The van der Waals surface area contributed by atoms with E-state index in [-0.39, 0.29) is 0 Å². The summed E-state index contributed by atoms with van der Waals surface area (Å²) in [5.74, 6) is 0.264. The van der Waals surface area contributed by atoms with E-state index in [1.807, 2.05) is 12.1 Å². The standard InChI is InChI=1S/C23H31FO/c1-4-5-6-7-19-8-10-21(11-9-19)22-14-12-20(13-15-22)17(2)16-23(24)18(3)25/h12-16,19,21,25H,2-11H2,1H3/b23-16+. The molecule has 0 amide bonds. The van der Waals surface area contributed by atoms with E-state index in [0.29, 0.717) is 11.5 Å². The zero-order valence-corrected chi connectivity index (χ0v) is 15.4. The summed E-state index contributed by atoms with van der Waals surface area (Å²) >= 11 is 0. The molecule has 0 aliphatic heterocycles. The van der Waals surface area contributed by atoms with Crippen LogP contribution < -0.4 is 0 Å². The molecule has 0 aromatic heterocycles. The molecular formula is C23H31FO. The highest BCUT2D eigenvalue weighted by atomic mass is 19.1. The number of benzene rings is 1. The van der Waals surface area contributed by atoms with E-state index < -0.39 is 11.6 Å². The van der Waals surface area contributed by atoms with Crippen LogP contribution in [-0.4, -0.2) is 5.11 Å². The van der Waals surface area contributed by atoms with Gasteiger partial charge in [0.2, 0.25) is 0 Å². The number of aliphatic hydroxyl groups is 1. The van der Waals surface area contributed by atoms with Gasteiger partial charge in [-0.3, -0.25) is 0 Å². The maximum Gasteiger partial charge on any atom is 0.164 e. The zero-order valence-electron chi connectivity index (χ0n) is 15.4. The molecule has 136 valence electrons. The van der Waals surface area contributed by atoms with E-state index in [1.165, 1.54) is 63.0 Å². The highest BCUT2D eigenvalue weighted by Crippen LogP contribution is 2.38. The van der Waals surface area contributed by atoms with Gasteiger partial charge in [-0.25, -0.2) is 4.39 Å². The molecule has 0 unspecified atom stereocenters. The largest absolute Gasteiger partial charge is 0.506 e. The van der Waals surface area contributed by atoms with Gasteiger partial charge in [-0.1, -0.05) is 70.0 Å². The third-order valence-electron chi connectivity index (χ3n) is 5.39. The lowest BCUT2D eigenvalue weighted by molar-refractivity contribution is 0.303. The third-order valence-corrected chi connectivity index (χ3v) is 5.39. The smallest absolute Gasteiger partial charge is 0.164 e. The van der Waals surface area contributed by atoms with Crippen molar-refractivity contribution >= 4 is 5.57 Å². The molecule has 0 atom stereocenters. The molecule has 0 saturated heterocycles. The topological polar surface area (TPSA) is 20.2 Å². The molecule has 1 N–H and O–H groups in total. The van der Waals surface area contributed by atoms with E-state index in [1.54, 1.807) is 0 Å². The van der Waals surface area contributed by atoms with E-state index in [2.05, 4.69) is 32.2 Å². The van der Waals surface area contributed by atoms with Gasteiger partial charge in [0, 0.05) is 0 Å². The van der Waals surface area contributed by atoms with Crippen LogP contribution in [-0.2, 0) is 0 Å². The first kappa shape index (κ1) is 19.5. The second-order valence-electron chi connectivity index (χ2n) is 7.30. The van der Waals surface area contributed by atoms with Gasteiger partial charge >= 0.3 is 0 Å². The van der Waals surface area contributed by atoms with Crippen LogP contribution in [0.5, 0.6) is 0 Å². The van der Waals surface area contributed by atoms with Crippen molar-refractivity contribution in [2.45, 2.75) is 64.2 Å². The fourth-order valence-corrected chi connectivity index (χ4v) is 3.76. The first-order chi connectivity index (χ1) is 12.0. The Bertz CT molecular complexity index is 603. The fraction of sp³-hybridized carbons (Fsp3) is 0.478. The van der Waals surface area contributed by atoms with Crippen molar-refractivity contribution in [2.75, 3.05) is 0 Å². The first-order valence-corrected chi connectivity index (χ1v) is 9.56. The Morgan fingerprint density at radius 1 is 1.12 bits per heavy atom. The summed E-state index contributed by atoms with van der Waals surface area (Å²) in [6, 6.07) is 8.27. The van der Waals surface area contributed by atoms with Crippen LogP contribution in [0.4, 0.5) is 4.39 Å². The molecule has 1 aromatic rings. The molecular weight excluding hydrogens is 311 g/mol. The molecule has 1 aliphatic carbocycles. The summed E-state index contributed by atoms with van der Waals surface area (Å²) in [6.07, 6.45) is 11.9. The van der Waals surface area contributed by atoms with Crippen molar-refractivity contribution in [1.82, 2.24) is 0 Å². The lowest BCUT2D eigenvalue weighted by atomic mass is 9.77. The number of allylic oxidation sites excluding steroid dienone is 3. The minimum absolute atomic E-state index is 0.541. The van der Waals surface area contributed by atoms with E-state index in [0.717, 1.165) is 11.5 Å². The molecule has 2 rings (SSSR count). The highest BCUT2D eigenvalue weighted by Gasteiger charge is 2.22. The Morgan fingerprint density at radius 3 is 2.32 bits per heavy atom. The number of aliphatic hydroxyl groups excluding tert-OH is 1. The molecule has 1 nitrogen and oxygen atoms in total. The minimum Gasteiger partial charge on any atom is -0.506 e. The van der Waals surface area contributed by atoms with Crippen LogP contribution in [0.2, 0.25) is 0 Å². The first-order valence-electron chi connectivity index (χ1n) is 9.56. The van der Waals surface area contributed by atoms with Gasteiger partial charge in [0.15, 0.2) is 5.83 Å². The second-order valence-corrected chi connectivity index (χ2v) is 7.30. The summed E-state index contributed by atoms with van der Waals surface area (Å²) < 4.78 is 13.4. The number of hydrogen-bond donors (Lipinski definition) is 1. The summed E-state index contributed by atoms with van der Waals surface area (Å²) in [5.41, 5.74) is 2.78. The number of rotatable bonds is 8. The molecule has 0 radical (unpaired) electrons. The zero-order chi connectivity index (χ0) is 18.2. The summed E-state index contributed by atoms with van der Waals surface area (Å²) in [5, 5.41) is 9.04. The van der Waals surface area contributed by atoms with Crippen LogP contribution in [0.15, 0.2) is 55.1 Å². The third kappa shape index (κ3) is 5.88. The average molecular weight is 342 g/mol. The minimum atomic E-state index is -0.740. The molecule has 1 aromatic carbocycles. The Hall–Kier alpha value is -1.83. The van der Waals surface area contributed by atoms with Crippen molar-refractivity contribution < 1.29 is 9.50 Å². The second kappa shape index (κ2) is 9.60. The van der Waals surface area contributed by atoms with Crippen LogP contribution in [0.3, 0.4) is 0 Å². The van der Waals surface area contributed by atoms with Crippen molar-refractivity contribution in [1.29, 1.82) is 0 Å².